The molecule has 16 heavy (non-hydrogen) atoms. The van der Waals surface area contributed by atoms with Crippen LogP contribution in [0.2, 0.25) is 0 Å². The lowest BCUT2D eigenvalue weighted by molar-refractivity contribution is 0.0597. The van der Waals surface area contributed by atoms with Crippen molar-refractivity contribution >= 4 is 0 Å². The van der Waals surface area contributed by atoms with E-state index in [0.717, 1.165) is 0 Å². The second kappa shape index (κ2) is 4.56. The Morgan fingerprint density at radius 1 is 1.44 bits per heavy atom. The maximum atomic E-state index is 10.3. The molecule has 2 heteroatoms. The first kappa shape index (κ1) is 11.6. The summed E-state index contributed by atoms with van der Waals surface area (Å²) in [6.07, 6.45) is 3.25. The summed E-state index contributed by atoms with van der Waals surface area (Å²) in [5.74, 6) is 0. The first-order valence-electron chi connectivity index (χ1n) is 6.06. The van der Waals surface area contributed by atoms with Crippen LogP contribution in [0.15, 0.2) is 24.3 Å². The molecular weight excluding hydrogens is 198 g/mol. The fourth-order valence-corrected chi connectivity index (χ4v) is 1.98. The van der Waals surface area contributed by atoms with Gasteiger partial charge in [0.1, 0.15) is 0 Å². The molecule has 1 aromatic carbocycles. The number of hydrogen-bond acceptors (Lipinski definition) is 2. The third-order valence-electron chi connectivity index (χ3n) is 3.02. The Labute approximate surface area is 97.7 Å². The fourth-order valence-electron chi connectivity index (χ4n) is 1.98. The van der Waals surface area contributed by atoms with Gasteiger partial charge >= 0.3 is 0 Å². The summed E-state index contributed by atoms with van der Waals surface area (Å²) >= 11 is 0. The van der Waals surface area contributed by atoms with Gasteiger partial charge in [0.15, 0.2) is 0 Å². The van der Waals surface area contributed by atoms with Gasteiger partial charge in [-0.1, -0.05) is 29.8 Å². The average molecular weight is 219 g/mol. The molecular formula is C14H21NO. The summed E-state index contributed by atoms with van der Waals surface area (Å²) in [5, 5.41) is 13.7. The minimum absolute atomic E-state index is 0.642. The molecule has 1 saturated carbocycles. The lowest BCUT2D eigenvalue weighted by Gasteiger charge is -2.24. The van der Waals surface area contributed by atoms with Crippen molar-refractivity contribution in [2.24, 2.45) is 0 Å². The second-order valence-electron chi connectivity index (χ2n) is 5.32. The van der Waals surface area contributed by atoms with Gasteiger partial charge in [-0.2, -0.15) is 0 Å². The van der Waals surface area contributed by atoms with E-state index in [2.05, 4.69) is 36.5 Å². The maximum Gasteiger partial charge on any atom is 0.0783 e. The summed E-state index contributed by atoms with van der Waals surface area (Å²) in [6, 6.07) is 9.02. The quantitative estimate of drug-likeness (QED) is 0.794. The molecule has 0 bridgehead atoms. The minimum Gasteiger partial charge on any atom is -0.389 e. The molecule has 2 N–H and O–H groups in total. The summed E-state index contributed by atoms with van der Waals surface area (Å²) in [6.45, 7) is 4.68. The largest absolute Gasteiger partial charge is 0.389 e. The van der Waals surface area contributed by atoms with Gasteiger partial charge < -0.3 is 10.4 Å². The highest BCUT2D eigenvalue weighted by Gasteiger charge is 2.26. The number of hydrogen-bond donors (Lipinski definition) is 2. The molecule has 0 saturated heterocycles. The summed E-state index contributed by atoms with van der Waals surface area (Å²) in [7, 11) is 0. The molecule has 0 aromatic heterocycles. The molecule has 1 unspecified atom stereocenters. The Kier molecular flexibility index (Phi) is 3.31. The predicted molar refractivity (Wildman–Crippen MR) is 66.5 cm³/mol. The molecule has 2 nitrogen and oxygen atoms in total. The van der Waals surface area contributed by atoms with Gasteiger partial charge in [0.05, 0.1) is 5.60 Å². The first-order valence-corrected chi connectivity index (χ1v) is 6.06. The number of benzene rings is 1. The molecule has 0 amide bonds. The van der Waals surface area contributed by atoms with E-state index >= 15 is 0 Å². The van der Waals surface area contributed by atoms with Gasteiger partial charge in [-0.05, 0) is 32.3 Å². The van der Waals surface area contributed by atoms with Crippen LogP contribution in [0.5, 0.6) is 0 Å². The van der Waals surface area contributed by atoms with E-state index in [1.54, 1.807) is 0 Å². The average Bonchev–Trinajstić information content (AvgIpc) is 2.97. The number of aliphatic hydroxyl groups is 1. The van der Waals surface area contributed by atoms with Crippen molar-refractivity contribution in [3.8, 4) is 0 Å². The highest BCUT2D eigenvalue weighted by atomic mass is 16.3. The van der Waals surface area contributed by atoms with Crippen LogP contribution in [-0.2, 0) is 6.42 Å². The molecule has 1 aliphatic rings. The monoisotopic (exact) mass is 219 g/mol. The molecule has 2 rings (SSSR count). The third-order valence-corrected chi connectivity index (χ3v) is 3.02. The smallest absolute Gasteiger partial charge is 0.0783 e. The van der Waals surface area contributed by atoms with Crippen molar-refractivity contribution in [1.29, 1.82) is 0 Å². The van der Waals surface area contributed by atoms with Crippen molar-refractivity contribution < 1.29 is 5.11 Å². The van der Waals surface area contributed by atoms with Crippen molar-refractivity contribution in [3.63, 3.8) is 0 Å². The summed E-state index contributed by atoms with van der Waals surface area (Å²) in [5.41, 5.74) is 1.82. The van der Waals surface area contributed by atoms with Crippen LogP contribution in [-0.4, -0.2) is 23.3 Å². The molecule has 0 spiro atoms. The molecule has 0 aliphatic heterocycles. The second-order valence-corrected chi connectivity index (χ2v) is 5.32. The lowest BCUT2D eigenvalue weighted by atomic mass is 9.95. The van der Waals surface area contributed by atoms with E-state index in [9.17, 15) is 5.11 Å². The van der Waals surface area contributed by atoms with Crippen LogP contribution in [0, 0.1) is 6.92 Å². The molecule has 1 aliphatic carbocycles. The van der Waals surface area contributed by atoms with Gasteiger partial charge in [0.2, 0.25) is 0 Å². The lowest BCUT2D eigenvalue weighted by Crippen LogP contribution is -2.40. The van der Waals surface area contributed by atoms with E-state index in [0.29, 0.717) is 19.0 Å². The van der Waals surface area contributed by atoms with E-state index in [-0.39, 0.29) is 0 Å². The van der Waals surface area contributed by atoms with Crippen molar-refractivity contribution in [3.05, 3.63) is 35.4 Å². The van der Waals surface area contributed by atoms with Crippen LogP contribution in [0.1, 0.15) is 30.9 Å². The Balaban J connectivity index is 1.90. The summed E-state index contributed by atoms with van der Waals surface area (Å²) in [4.78, 5) is 0. The van der Waals surface area contributed by atoms with Gasteiger partial charge in [-0.3, -0.25) is 0 Å². The molecule has 0 heterocycles. The zero-order chi connectivity index (χ0) is 11.6. The van der Waals surface area contributed by atoms with Crippen LogP contribution in [0.25, 0.3) is 0 Å². The van der Waals surface area contributed by atoms with Crippen molar-refractivity contribution in [1.82, 2.24) is 5.32 Å². The molecule has 1 fully saturated rings. The fraction of sp³-hybridized carbons (Fsp3) is 0.571. The van der Waals surface area contributed by atoms with E-state index in [1.165, 1.54) is 24.0 Å². The minimum atomic E-state index is -0.642. The third kappa shape index (κ3) is 3.62. The van der Waals surface area contributed by atoms with Crippen LogP contribution in [0.4, 0.5) is 0 Å². The van der Waals surface area contributed by atoms with Gasteiger partial charge in [-0.25, -0.2) is 0 Å². The number of rotatable bonds is 5. The van der Waals surface area contributed by atoms with E-state index in [1.807, 2.05) is 6.92 Å². The normalized spacial score (nSPS) is 19.4. The van der Waals surface area contributed by atoms with Gasteiger partial charge in [0.25, 0.3) is 0 Å². The first-order chi connectivity index (χ1) is 7.55. The standard InChI is InChI=1S/C14H21NO/c1-11-4-3-5-12(8-11)9-14(2,16)10-15-13-6-7-13/h3-5,8,13,15-16H,6-7,9-10H2,1-2H3. The Bertz CT molecular complexity index is 356. The Hall–Kier alpha value is -0.860. The predicted octanol–water partition coefficient (Wildman–Crippen LogP) is 2.04. The van der Waals surface area contributed by atoms with Crippen molar-refractivity contribution in [2.45, 2.75) is 44.8 Å². The Morgan fingerprint density at radius 2 is 2.19 bits per heavy atom. The summed E-state index contributed by atoms with van der Waals surface area (Å²) < 4.78 is 0. The molecule has 1 aromatic rings. The molecule has 88 valence electrons. The van der Waals surface area contributed by atoms with Gasteiger partial charge in [-0.15, -0.1) is 0 Å². The van der Waals surface area contributed by atoms with Crippen LogP contribution < -0.4 is 5.32 Å². The van der Waals surface area contributed by atoms with Crippen LogP contribution in [0.3, 0.4) is 0 Å². The molecule has 1 atom stereocenters. The molecule has 0 radical (unpaired) electrons. The highest BCUT2D eigenvalue weighted by molar-refractivity contribution is 5.23. The van der Waals surface area contributed by atoms with E-state index < -0.39 is 5.60 Å². The zero-order valence-electron chi connectivity index (χ0n) is 10.2. The zero-order valence-corrected chi connectivity index (χ0v) is 10.2. The Morgan fingerprint density at radius 3 is 2.81 bits per heavy atom. The van der Waals surface area contributed by atoms with E-state index in [4.69, 9.17) is 0 Å². The number of nitrogens with one attached hydrogen (secondary N) is 1. The SMILES string of the molecule is Cc1cccc(CC(C)(O)CNC2CC2)c1. The number of aryl methyl sites for hydroxylation is 1. The van der Waals surface area contributed by atoms with Gasteiger partial charge in [0, 0.05) is 19.0 Å². The topological polar surface area (TPSA) is 32.3 Å². The van der Waals surface area contributed by atoms with Crippen molar-refractivity contribution in [2.75, 3.05) is 6.54 Å². The highest BCUT2D eigenvalue weighted by Crippen LogP contribution is 2.20. The maximum absolute atomic E-state index is 10.3. The van der Waals surface area contributed by atoms with Crippen LogP contribution >= 0.6 is 0 Å².